The smallest absolute Gasteiger partial charge is 0.223 e. The van der Waals surface area contributed by atoms with Gasteiger partial charge in [-0.15, -0.1) is 0 Å². The van der Waals surface area contributed by atoms with Crippen molar-refractivity contribution >= 4 is 17.4 Å². The largest absolute Gasteiger partial charge is 0.453 e. The average Bonchev–Trinajstić information content (AvgIpc) is 2.77. The molecule has 0 aromatic rings. The summed E-state index contributed by atoms with van der Waals surface area (Å²) in [6.07, 6.45) is 5.14. The van der Waals surface area contributed by atoms with Crippen LogP contribution >= 0.6 is 0 Å². The Morgan fingerprint density at radius 3 is 2.64 bits per heavy atom. The van der Waals surface area contributed by atoms with Crippen molar-refractivity contribution in [2.75, 3.05) is 6.61 Å². The van der Waals surface area contributed by atoms with E-state index in [1.807, 2.05) is 0 Å². The van der Waals surface area contributed by atoms with E-state index in [9.17, 15) is 0 Å². The molecule has 0 saturated carbocycles. The second-order valence-electron chi connectivity index (χ2n) is 4.76. The highest BCUT2D eigenvalue weighted by Crippen LogP contribution is 2.15. The molecule has 0 aromatic heterocycles. The fourth-order valence-electron chi connectivity index (χ4n) is 1.28. The van der Waals surface area contributed by atoms with Gasteiger partial charge in [0.1, 0.15) is 0 Å². The molecule has 1 fully saturated rings. The second kappa shape index (κ2) is 5.25. The first-order chi connectivity index (χ1) is 6.47. The first-order valence-electron chi connectivity index (χ1n) is 5.28. The van der Waals surface area contributed by atoms with Crippen molar-refractivity contribution < 1.29 is 8.85 Å². The summed E-state index contributed by atoms with van der Waals surface area (Å²) >= 11 is 0. The lowest BCUT2D eigenvalue weighted by Crippen LogP contribution is -2.32. The van der Waals surface area contributed by atoms with Gasteiger partial charge in [0.25, 0.3) is 0 Å². The predicted molar refractivity (Wildman–Crippen MR) is 64.2 cm³/mol. The quantitative estimate of drug-likeness (QED) is 0.516. The van der Waals surface area contributed by atoms with Gasteiger partial charge in [0, 0.05) is 0 Å². The van der Waals surface area contributed by atoms with Gasteiger partial charge in [-0.1, -0.05) is 11.8 Å². The Balaban J connectivity index is 2.08. The van der Waals surface area contributed by atoms with E-state index in [0.29, 0.717) is 6.10 Å². The summed E-state index contributed by atoms with van der Waals surface area (Å²) in [5.41, 5.74) is 2.27. The number of hydrogen-bond acceptors (Lipinski definition) is 2. The van der Waals surface area contributed by atoms with Crippen molar-refractivity contribution in [3.05, 3.63) is 11.8 Å². The molecule has 0 aromatic carbocycles. The lowest BCUT2D eigenvalue weighted by atomic mass is 10.2. The Kier molecular flexibility index (Phi) is 4.56. The van der Waals surface area contributed by atoms with Gasteiger partial charge >= 0.3 is 0 Å². The first kappa shape index (κ1) is 12.2. The van der Waals surface area contributed by atoms with Crippen LogP contribution in [0.4, 0.5) is 0 Å². The molecule has 0 spiro atoms. The molecule has 1 aliphatic rings. The van der Waals surface area contributed by atoms with E-state index >= 15 is 0 Å². The molecule has 0 aliphatic carbocycles. The van der Waals surface area contributed by atoms with E-state index in [2.05, 4.69) is 38.0 Å². The van der Waals surface area contributed by atoms with Gasteiger partial charge in [-0.2, -0.15) is 0 Å². The van der Waals surface area contributed by atoms with Crippen LogP contribution in [0.1, 0.15) is 12.8 Å². The zero-order valence-electron chi connectivity index (χ0n) is 9.67. The Labute approximate surface area is 90.2 Å². The Hall–Kier alpha value is 0.0938. The van der Waals surface area contributed by atoms with Crippen LogP contribution in [0.15, 0.2) is 11.8 Å². The number of ether oxygens (including phenoxy) is 1. The van der Waals surface area contributed by atoms with Gasteiger partial charge < -0.3 is 8.85 Å². The fourth-order valence-corrected chi connectivity index (χ4v) is 5.92. The molecule has 1 saturated heterocycles. The molecule has 1 atom stereocenters. The molecule has 81 valence electrons. The summed E-state index contributed by atoms with van der Waals surface area (Å²) in [4.78, 5) is 0. The zero-order valence-corrected chi connectivity index (χ0v) is 11.7. The van der Waals surface area contributed by atoms with Crippen LogP contribution < -0.4 is 0 Å². The van der Waals surface area contributed by atoms with Crippen molar-refractivity contribution in [3.8, 4) is 0 Å². The summed E-state index contributed by atoms with van der Waals surface area (Å²) in [5, 5.41) is 0. The molecule has 2 nitrogen and oxygen atoms in total. The molecule has 1 rings (SSSR count). The SMILES string of the molecule is C[Si](/C=C/CCC1CO1)O[Si](C)(C)C. The van der Waals surface area contributed by atoms with Crippen LogP contribution in [-0.2, 0) is 8.85 Å². The summed E-state index contributed by atoms with van der Waals surface area (Å²) < 4.78 is 11.1. The molecule has 14 heavy (non-hydrogen) atoms. The monoisotopic (exact) mass is 229 g/mol. The van der Waals surface area contributed by atoms with Crippen molar-refractivity contribution in [1.82, 2.24) is 0 Å². The molecule has 1 radical (unpaired) electrons. The van der Waals surface area contributed by atoms with Gasteiger partial charge in [-0.3, -0.25) is 0 Å². The van der Waals surface area contributed by atoms with E-state index < -0.39 is 17.4 Å². The minimum atomic E-state index is -1.32. The Morgan fingerprint density at radius 1 is 1.50 bits per heavy atom. The average molecular weight is 229 g/mol. The number of hydrogen-bond donors (Lipinski definition) is 0. The third-order valence-electron chi connectivity index (χ3n) is 1.88. The van der Waals surface area contributed by atoms with Gasteiger partial charge in [0.2, 0.25) is 9.04 Å². The normalized spacial score (nSPS) is 22.2. The highest BCUT2D eigenvalue weighted by molar-refractivity contribution is 6.78. The number of rotatable bonds is 6. The molecule has 1 heterocycles. The van der Waals surface area contributed by atoms with E-state index in [1.165, 1.54) is 6.42 Å². The number of allylic oxidation sites excluding steroid dienone is 1. The minimum absolute atomic E-state index is 0.560. The summed E-state index contributed by atoms with van der Waals surface area (Å²) in [5.74, 6) is 0. The molecule has 0 bridgehead atoms. The molecule has 4 heteroatoms. The summed E-state index contributed by atoms with van der Waals surface area (Å²) in [6, 6.07) is 0. The second-order valence-corrected chi connectivity index (χ2v) is 11.4. The van der Waals surface area contributed by atoms with Crippen LogP contribution in [-0.4, -0.2) is 30.1 Å². The van der Waals surface area contributed by atoms with Crippen molar-refractivity contribution in [1.29, 1.82) is 0 Å². The molecule has 1 aliphatic heterocycles. The van der Waals surface area contributed by atoms with Gasteiger partial charge in [0.15, 0.2) is 8.32 Å². The standard InChI is InChI=1S/C10H21O2Si2/c1-13(12-14(2,3)4)8-6-5-7-10-9-11-10/h6,8,10H,5,7,9H2,1-4H3/b8-6+. The Morgan fingerprint density at radius 2 is 2.14 bits per heavy atom. The lowest BCUT2D eigenvalue weighted by Gasteiger charge is -2.20. The third kappa shape index (κ3) is 6.53. The highest BCUT2D eigenvalue weighted by Gasteiger charge is 2.21. The topological polar surface area (TPSA) is 21.8 Å². The highest BCUT2D eigenvalue weighted by atomic mass is 28.4. The lowest BCUT2D eigenvalue weighted by molar-refractivity contribution is 0.398. The maximum atomic E-state index is 5.98. The van der Waals surface area contributed by atoms with E-state index in [-0.39, 0.29) is 0 Å². The molecular formula is C10H21O2Si2. The van der Waals surface area contributed by atoms with E-state index in [0.717, 1.165) is 13.0 Å². The molecule has 0 N–H and O–H groups in total. The van der Waals surface area contributed by atoms with Gasteiger partial charge in [0.05, 0.1) is 12.7 Å². The van der Waals surface area contributed by atoms with Crippen LogP contribution in [0, 0.1) is 0 Å². The van der Waals surface area contributed by atoms with Crippen LogP contribution in [0.2, 0.25) is 26.2 Å². The first-order valence-corrected chi connectivity index (χ1v) is 10.7. The predicted octanol–water partition coefficient (Wildman–Crippen LogP) is 2.73. The maximum Gasteiger partial charge on any atom is 0.223 e. The van der Waals surface area contributed by atoms with E-state index in [1.54, 1.807) is 0 Å². The zero-order chi connectivity index (χ0) is 10.6. The fraction of sp³-hybridized carbons (Fsp3) is 0.800. The van der Waals surface area contributed by atoms with Crippen molar-refractivity contribution in [2.45, 2.75) is 45.1 Å². The molecule has 0 amide bonds. The molecule has 1 unspecified atom stereocenters. The van der Waals surface area contributed by atoms with Crippen molar-refractivity contribution in [3.63, 3.8) is 0 Å². The Bertz CT molecular complexity index is 195. The van der Waals surface area contributed by atoms with E-state index in [4.69, 9.17) is 8.85 Å². The van der Waals surface area contributed by atoms with Crippen LogP contribution in [0.3, 0.4) is 0 Å². The maximum absolute atomic E-state index is 5.98. The van der Waals surface area contributed by atoms with Crippen LogP contribution in [0.5, 0.6) is 0 Å². The minimum Gasteiger partial charge on any atom is -0.453 e. The third-order valence-corrected chi connectivity index (χ3v) is 6.32. The van der Waals surface area contributed by atoms with Gasteiger partial charge in [-0.25, -0.2) is 0 Å². The number of epoxide rings is 1. The van der Waals surface area contributed by atoms with Crippen molar-refractivity contribution in [2.24, 2.45) is 0 Å². The summed E-state index contributed by atoms with van der Waals surface area (Å²) in [7, 11) is -2.00. The molecular weight excluding hydrogens is 208 g/mol. The summed E-state index contributed by atoms with van der Waals surface area (Å²) in [6.45, 7) is 9.92. The van der Waals surface area contributed by atoms with Crippen LogP contribution in [0.25, 0.3) is 0 Å². The van der Waals surface area contributed by atoms with Gasteiger partial charge in [-0.05, 0) is 39.0 Å².